The van der Waals surface area contributed by atoms with Gasteiger partial charge in [0.2, 0.25) is 10.0 Å². The van der Waals surface area contributed by atoms with Gasteiger partial charge in [-0.05, 0) is 35.4 Å². The Hall–Kier alpha value is -3.75. The Labute approximate surface area is 187 Å². The number of hydrogen-bond acceptors (Lipinski definition) is 6. The molecule has 32 heavy (non-hydrogen) atoms. The van der Waals surface area contributed by atoms with Crippen LogP contribution in [0.25, 0.3) is 11.3 Å². The number of anilines is 2. The summed E-state index contributed by atoms with van der Waals surface area (Å²) in [6.07, 6.45) is 1.48. The second kappa shape index (κ2) is 9.59. The highest BCUT2D eigenvalue weighted by Crippen LogP contribution is 2.25. The number of ether oxygens (including phenoxy) is 1. The number of sulfonamides is 1. The van der Waals surface area contributed by atoms with Crippen LogP contribution < -0.4 is 15.2 Å². The predicted octanol–water partition coefficient (Wildman–Crippen LogP) is 4.25. The number of aromatic nitrogens is 2. The molecule has 0 amide bonds. The van der Waals surface area contributed by atoms with Crippen LogP contribution in [0.5, 0.6) is 5.75 Å². The van der Waals surface area contributed by atoms with Crippen molar-refractivity contribution >= 4 is 21.5 Å². The summed E-state index contributed by atoms with van der Waals surface area (Å²) in [5, 5.41) is 8.33. The largest absolute Gasteiger partial charge is 0.489 e. The van der Waals surface area contributed by atoms with E-state index in [1.807, 2.05) is 66.7 Å². The summed E-state index contributed by atoms with van der Waals surface area (Å²) in [4.78, 5) is 8.64. The zero-order valence-electron chi connectivity index (χ0n) is 17.2. The van der Waals surface area contributed by atoms with Crippen LogP contribution in [0.4, 0.5) is 11.5 Å². The Morgan fingerprint density at radius 3 is 2.44 bits per heavy atom. The molecule has 0 atom stereocenters. The second-order valence-electron chi connectivity index (χ2n) is 7.22. The van der Waals surface area contributed by atoms with Gasteiger partial charge < -0.3 is 10.1 Å². The van der Waals surface area contributed by atoms with E-state index in [1.54, 1.807) is 18.2 Å². The Morgan fingerprint density at radius 2 is 1.62 bits per heavy atom. The second-order valence-corrected chi connectivity index (χ2v) is 8.84. The standard InChI is InChI=1S/C24H22N4O3S/c25-32(29,30)16-19-8-4-10-21(12-19)28-24-14-23(26-17-27-24)20-9-5-11-22(13-20)31-15-18-6-2-1-3-7-18/h1-14,17H,15-16H2,(H2,25,29,30)(H,26,27,28). The smallest absolute Gasteiger partial charge is 0.213 e. The van der Waals surface area contributed by atoms with Crippen LogP contribution in [0.1, 0.15) is 11.1 Å². The lowest BCUT2D eigenvalue weighted by Crippen LogP contribution is -2.14. The molecule has 0 spiro atoms. The van der Waals surface area contributed by atoms with E-state index >= 15 is 0 Å². The minimum atomic E-state index is -3.60. The fraction of sp³-hybridized carbons (Fsp3) is 0.0833. The number of nitrogens with one attached hydrogen (secondary N) is 1. The maximum Gasteiger partial charge on any atom is 0.213 e. The maximum absolute atomic E-state index is 11.4. The van der Waals surface area contributed by atoms with Crippen molar-refractivity contribution in [2.75, 3.05) is 5.32 Å². The van der Waals surface area contributed by atoms with Crippen molar-refractivity contribution in [2.45, 2.75) is 12.4 Å². The Morgan fingerprint density at radius 1 is 0.844 bits per heavy atom. The number of benzene rings is 3. The molecule has 3 aromatic carbocycles. The van der Waals surface area contributed by atoms with Crippen molar-refractivity contribution in [1.82, 2.24) is 9.97 Å². The van der Waals surface area contributed by atoms with E-state index in [2.05, 4.69) is 15.3 Å². The molecular formula is C24H22N4O3S. The summed E-state index contributed by atoms with van der Waals surface area (Å²) in [5.41, 5.74) is 4.01. The van der Waals surface area contributed by atoms with E-state index in [0.29, 0.717) is 23.7 Å². The van der Waals surface area contributed by atoms with E-state index in [4.69, 9.17) is 9.88 Å². The Bertz CT molecular complexity index is 1310. The van der Waals surface area contributed by atoms with E-state index in [9.17, 15) is 8.42 Å². The van der Waals surface area contributed by atoms with Crippen LogP contribution in [-0.4, -0.2) is 18.4 Å². The summed E-state index contributed by atoms with van der Waals surface area (Å²) in [5.74, 6) is 1.10. The average Bonchev–Trinajstić information content (AvgIpc) is 2.78. The van der Waals surface area contributed by atoms with Gasteiger partial charge in [-0.1, -0.05) is 54.6 Å². The summed E-state index contributed by atoms with van der Waals surface area (Å²) < 4.78 is 28.6. The van der Waals surface area contributed by atoms with Gasteiger partial charge in [-0.15, -0.1) is 0 Å². The van der Waals surface area contributed by atoms with Gasteiger partial charge >= 0.3 is 0 Å². The van der Waals surface area contributed by atoms with Gasteiger partial charge in [-0.25, -0.2) is 23.5 Å². The molecule has 7 nitrogen and oxygen atoms in total. The lowest BCUT2D eigenvalue weighted by molar-refractivity contribution is 0.306. The summed E-state index contributed by atoms with van der Waals surface area (Å²) in [7, 11) is -3.60. The van der Waals surface area contributed by atoms with Crippen LogP contribution >= 0.6 is 0 Å². The molecule has 0 unspecified atom stereocenters. The molecule has 0 fully saturated rings. The first-order chi connectivity index (χ1) is 15.4. The summed E-state index contributed by atoms with van der Waals surface area (Å²) in [6, 6.07) is 26.5. The molecule has 1 aromatic heterocycles. The van der Waals surface area contributed by atoms with Crippen LogP contribution in [0, 0.1) is 0 Å². The molecule has 0 saturated heterocycles. The number of hydrogen-bond donors (Lipinski definition) is 2. The monoisotopic (exact) mass is 446 g/mol. The molecule has 1 heterocycles. The summed E-state index contributed by atoms with van der Waals surface area (Å²) in [6.45, 7) is 0.482. The van der Waals surface area contributed by atoms with Crippen molar-refractivity contribution in [3.63, 3.8) is 0 Å². The van der Waals surface area contributed by atoms with Gasteiger partial charge in [0.1, 0.15) is 24.5 Å². The molecule has 162 valence electrons. The van der Waals surface area contributed by atoms with Gasteiger partial charge in [0.15, 0.2) is 0 Å². The van der Waals surface area contributed by atoms with E-state index in [0.717, 1.165) is 22.6 Å². The fourth-order valence-corrected chi connectivity index (χ4v) is 3.83. The molecular weight excluding hydrogens is 424 g/mol. The minimum absolute atomic E-state index is 0.229. The third kappa shape index (κ3) is 6.13. The van der Waals surface area contributed by atoms with Crippen molar-refractivity contribution < 1.29 is 13.2 Å². The SMILES string of the molecule is NS(=O)(=O)Cc1cccc(Nc2cc(-c3cccc(OCc4ccccc4)c3)ncn2)c1. The zero-order valence-corrected chi connectivity index (χ0v) is 18.0. The first-order valence-corrected chi connectivity index (χ1v) is 11.6. The first kappa shape index (κ1) is 21.5. The van der Waals surface area contributed by atoms with E-state index < -0.39 is 10.0 Å². The molecule has 4 aromatic rings. The molecule has 3 N–H and O–H groups in total. The number of primary sulfonamides is 1. The first-order valence-electron chi connectivity index (χ1n) is 9.90. The molecule has 0 bridgehead atoms. The molecule has 8 heteroatoms. The third-order valence-electron chi connectivity index (χ3n) is 4.61. The topological polar surface area (TPSA) is 107 Å². The molecule has 0 saturated carbocycles. The minimum Gasteiger partial charge on any atom is -0.489 e. The van der Waals surface area contributed by atoms with E-state index in [-0.39, 0.29) is 5.75 Å². The normalized spacial score (nSPS) is 11.2. The van der Waals surface area contributed by atoms with Gasteiger partial charge in [-0.2, -0.15) is 0 Å². The molecule has 0 aliphatic rings. The lowest BCUT2D eigenvalue weighted by Gasteiger charge is -2.10. The highest BCUT2D eigenvalue weighted by molar-refractivity contribution is 7.88. The molecule has 4 rings (SSSR count). The van der Waals surface area contributed by atoms with Crippen LogP contribution in [0.3, 0.4) is 0 Å². The lowest BCUT2D eigenvalue weighted by atomic mass is 10.1. The van der Waals surface area contributed by atoms with Gasteiger partial charge in [-0.3, -0.25) is 0 Å². The molecule has 0 radical (unpaired) electrons. The average molecular weight is 447 g/mol. The van der Waals surface area contributed by atoms with Crippen LogP contribution in [0.2, 0.25) is 0 Å². The highest BCUT2D eigenvalue weighted by atomic mass is 32.2. The number of nitrogens with zero attached hydrogens (tertiary/aromatic N) is 2. The Balaban J connectivity index is 1.49. The maximum atomic E-state index is 11.4. The quantitative estimate of drug-likeness (QED) is 0.419. The van der Waals surface area contributed by atoms with E-state index in [1.165, 1.54) is 6.33 Å². The summed E-state index contributed by atoms with van der Waals surface area (Å²) >= 11 is 0. The molecule has 0 aliphatic carbocycles. The number of nitrogens with two attached hydrogens (primary N) is 1. The van der Waals surface area contributed by atoms with Crippen LogP contribution in [0.15, 0.2) is 91.3 Å². The van der Waals surface area contributed by atoms with Crippen LogP contribution in [-0.2, 0) is 22.4 Å². The Kier molecular flexibility index (Phi) is 6.44. The fourth-order valence-electron chi connectivity index (χ4n) is 3.19. The zero-order chi connectivity index (χ0) is 22.4. The van der Waals surface area contributed by atoms with Gasteiger partial charge in [0.25, 0.3) is 0 Å². The van der Waals surface area contributed by atoms with Gasteiger partial charge in [0, 0.05) is 17.3 Å². The van der Waals surface area contributed by atoms with Crippen molar-refractivity contribution in [1.29, 1.82) is 0 Å². The number of rotatable bonds is 8. The molecule has 0 aliphatic heterocycles. The van der Waals surface area contributed by atoms with Gasteiger partial charge in [0.05, 0.1) is 11.4 Å². The predicted molar refractivity (Wildman–Crippen MR) is 125 cm³/mol. The van der Waals surface area contributed by atoms with Crippen molar-refractivity contribution in [3.05, 3.63) is 102 Å². The van der Waals surface area contributed by atoms with Crippen molar-refractivity contribution in [2.24, 2.45) is 5.14 Å². The highest BCUT2D eigenvalue weighted by Gasteiger charge is 2.08. The van der Waals surface area contributed by atoms with Crippen molar-refractivity contribution in [3.8, 4) is 17.0 Å². The third-order valence-corrected chi connectivity index (χ3v) is 5.35.